The van der Waals surface area contributed by atoms with Crippen LogP contribution in [0.1, 0.15) is 22.6 Å². The molecule has 282 valence electrons. The van der Waals surface area contributed by atoms with Gasteiger partial charge in [-0.05, 0) is 52.2 Å². The lowest BCUT2D eigenvalue weighted by molar-refractivity contribution is -0.669. The number of nitrogens with zero attached hydrogens (tertiary/aromatic N) is 2. The monoisotopic (exact) mass is 834 g/mol. The quantitative estimate of drug-likeness (QED) is 0.0772. The number of anilines is 1. The molecule has 0 N–H and O–H groups in total. The summed E-state index contributed by atoms with van der Waals surface area (Å²) in [6.07, 6.45) is 12.7. The van der Waals surface area contributed by atoms with Gasteiger partial charge in [0.2, 0.25) is 11.5 Å². The summed E-state index contributed by atoms with van der Waals surface area (Å²) in [6, 6.07) is 38.2. The highest BCUT2D eigenvalue weighted by atomic mass is 79.9. The van der Waals surface area contributed by atoms with Gasteiger partial charge >= 0.3 is 5.89 Å². The number of thioether (sulfide) groups is 1. The molecule has 9 rings (SSSR count). The van der Waals surface area contributed by atoms with E-state index in [-0.39, 0.29) is 22.8 Å². The minimum atomic E-state index is -0.137. The van der Waals surface area contributed by atoms with Crippen molar-refractivity contribution >= 4 is 51.2 Å². The van der Waals surface area contributed by atoms with E-state index in [0.29, 0.717) is 71.2 Å². The van der Waals surface area contributed by atoms with Crippen LogP contribution in [-0.2, 0) is 24.5 Å². The summed E-state index contributed by atoms with van der Waals surface area (Å²) in [7, 11) is 1.61. The van der Waals surface area contributed by atoms with Crippen molar-refractivity contribution in [3.63, 3.8) is 0 Å². The number of furan rings is 1. The maximum atomic E-state index is 14.2. The van der Waals surface area contributed by atoms with Crippen LogP contribution >= 0.6 is 11.8 Å². The topological polar surface area (TPSA) is 78.2 Å². The SMILES string of the molecule is C#CCSC1=C(/C=C2/Oc3cc(OCc4ccccc4)ccc3N2Cc2ccc3ccccc3c2)C(=O)/C1=C/c1oc2cc(OC)ccc2[n+]1Cc1ccoc1.[Br-]. The predicted molar refractivity (Wildman–Crippen MR) is 218 cm³/mol. The Labute approximate surface area is 344 Å². The van der Waals surface area contributed by atoms with Crippen molar-refractivity contribution in [1.82, 2.24) is 0 Å². The molecule has 0 amide bonds. The van der Waals surface area contributed by atoms with Crippen molar-refractivity contribution in [2.24, 2.45) is 0 Å². The number of carbonyl (C=O) groups excluding carboxylic acids is 1. The number of Topliss-reactive ketones (excluding diaryl/α,β-unsaturated/α-hetero) is 1. The highest BCUT2D eigenvalue weighted by molar-refractivity contribution is 8.03. The summed E-state index contributed by atoms with van der Waals surface area (Å²) in [5.74, 6) is 5.98. The van der Waals surface area contributed by atoms with E-state index in [1.165, 1.54) is 17.1 Å². The van der Waals surface area contributed by atoms with Gasteiger partial charge in [0.1, 0.15) is 18.1 Å². The molecule has 2 aliphatic rings. The van der Waals surface area contributed by atoms with Crippen molar-refractivity contribution in [2.75, 3.05) is 17.8 Å². The minimum Gasteiger partial charge on any atom is -1.00 e. The van der Waals surface area contributed by atoms with Crippen LogP contribution in [-0.4, -0.2) is 18.6 Å². The molecule has 7 aromatic rings. The van der Waals surface area contributed by atoms with Crippen LogP contribution in [0.2, 0.25) is 0 Å². The molecule has 0 fully saturated rings. The fourth-order valence-corrected chi connectivity index (χ4v) is 7.81. The van der Waals surface area contributed by atoms with Crippen molar-refractivity contribution in [3.8, 4) is 29.6 Å². The summed E-state index contributed by atoms with van der Waals surface area (Å²) in [5.41, 5.74) is 6.49. The lowest BCUT2D eigenvalue weighted by atomic mass is 9.89. The number of benzene rings is 5. The second-order valence-corrected chi connectivity index (χ2v) is 14.4. The third-order valence-corrected chi connectivity index (χ3v) is 10.8. The summed E-state index contributed by atoms with van der Waals surface area (Å²) in [5, 5.41) is 2.31. The minimum absolute atomic E-state index is 0. The first-order valence-corrected chi connectivity index (χ1v) is 19.1. The predicted octanol–water partition coefficient (Wildman–Crippen LogP) is 6.63. The molecule has 8 nitrogen and oxygen atoms in total. The number of oxazole rings is 1. The van der Waals surface area contributed by atoms with Gasteiger partial charge in [0, 0.05) is 40.3 Å². The second-order valence-electron chi connectivity index (χ2n) is 13.4. The summed E-state index contributed by atoms with van der Waals surface area (Å²) < 4.78 is 31.9. The number of ketones is 1. The van der Waals surface area contributed by atoms with E-state index in [2.05, 4.69) is 41.2 Å². The molecule has 0 saturated heterocycles. The number of halogens is 1. The second kappa shape index (κ2) is 16.4. The van der Waals surface area contributed by atoms with Crippen molar-refractivity contribution in [1.29, 1.82) is 0 Å². The molecule has 0 atom stereocenters. The zero-order valence-electron chi connectivity index (χ0n) is 30.8. The van der Waals surface area contributed by atoms with Crippen LogP contribution < -0.4 is 40.7 Å². The zero-order valence-corrected chi connectivity index (χ0v) is 33.2. The van der Waals surface area contributed by atoms with E-state index in [0.717, 1.165) is 38.2 Å². The number of aromatic nitrogens is 1. The Kier molecular flexibility index (Phi) is 10.8. The third kappa shape index (κ3) is 7.60. The number of rotatable bonds is 12. The van der Waals surface area contributed by atoms with E-state index in [9.17, 15) is 4.79 Å². The Morgan fingerprint density at radius 3 is 2.49 bits per heavy atom. The number of ether oxygens (including phenoxy) is 3. The van der Waals surface area contributed by atoms with Crippen molar-refractivity contribution in [3.05, 3.63) is 178 Å². The van der Waals surface area contributed by atoms with Gasteiger partial charge < -0.3 is 44.9 Å². The molecular weight excluding hydrogens is 800 g/mol. The third-order valence-electron chi connectivity index (χ3n) is 9.78. The van der Waals surface area contributed by atoms with E-state index in [1.54, 1.807) is 25.7 Å². The Morgan fingerprint density at radius 1 is 0.860 bits per heavy atom. The molecule has 0 radical (unpaired) electrons. The van der Waals surface area contributed by atoms with Gasteiger partial charge in [-0.15, -0.1) is 18.2 Å². The van der Waals surface area contributed by atoms with Crippen LogP contribution in [0, 0.1) is 12.3 Å². The lowest BCUT2D eigenvalue weighted by Gasteiger charge is -2.24. The Bertz CT molecular complexity index is 2760. The molecule has 5 aromatic carbocycles. The van der Waals surface area contributed by atoms with Crippen molar-refractivity contribution in [2.45, 2.75) is 19.7 Å². The first-order chi connectivity index (χ1) is 27.5. The van der Waals surface area contributed by atoms with E-state index in [1.807, 2.05) is 95.6 Å². The normalized spacial score (nSPS) is 14.7. The molecule has 0 bridgehead atoms. The summed E-state index contributed by atoms with van der Waals surface area (Å²) in [4.78, 5) is 17.1. The summed E-state index contributed by atoms with van der Waals surface area (Å²) in [6.45, 7) is 1.42. The fourth-order valence-electron chi connectivity index (χ4n) is 6.97. The standard InChI is InChI=1S/C47H35N2O6S.BrH/c1-3-21-56-47-38(46(50)39(47)26-45-49(28-33-19-20-52-29-33)40-17-15-36(51-2)23-42(40)54-45)25-44-48(27-32-13-14-34-11-7-8-12-35(34)22-32)41-18-16-37(24-43(41)55-44)53-30-31-9-5-4-6-10-31;/h1,4-20,22-26,29H,21,27-28,30H2,2H3;1H/q+1;/p-1. The van der Waals surface area contributed by atoms with Crippen LogP contribution in [0.25, 0.3) is 27.9 Å². The number of methoxy groups -OCH3 is 1. The zero-order chi connectivity index (χ0) is 38.0. The van der Waals surface area contributed by atoms with E-state index in [4.69, 9.17) is 29.5 Å². The molecule has 57 heavy (non-hydrogen) atoms. The molecule has 1 aliphatic heterocycles. The molecule has 0 saturated carbocycles. The Morgan fingerprint density at radius 2 is 1.68 bits per heavy atom. The molecular formula is C47H35BrN2O6S. The van der Waals surface area contributed by atoms with E-state index < -0.39 is 0 Å². The van der Waals surface area contributed by atoms with Crippen molar-refractivity contribution < 1.29 is 49.4 Å². The fraction of sp³-hybridized carbons (Fsp3) is 0.106. The molecule has 0 unspecified atom stereocenters. The molecule has 0 spiro atoms. The van der Waals surface area contributed by atoms with Gasteiger partial charge in [-0.2, -0.15) is 4.57 Å². The maximum Gasteiger partial charge on any atom is 0.375 e. The number of carbonyl (C=O) groups is 1. The number of allylic oxidation sites excluding steroid dienone is 3. The largest absolute Gasteiger partial charge is 1.00 e. The lowest BCUT2D eigenvalue weighted by Crippen LogP contribution is -3.00. The average molecular weight is 836 g/mol. The van der Waals surface area contributed by atoms with Crippen LogP contribution in [0.4, 0.5) is 5.69 Å². The number of fused-ring (bicyclic) bond motifs is 3. The highest BCUT2D eigenvalue weighted by Crippen LogP contribution is 2.46. The maximum absolute atomic E-state index is 14.2. The van der Waals surface area contributed by atoms with Gasteiger partial charge in [-0.3, -0.25) is 4.79 Å². The van der Waals surface area contributed by atoms with Gasteiger partial charge in [0.15, 0.2) is 18.1 Å². The van der Waals surface area contributed by atoms with E-state index >= 15 is 0 Å². The van der Waals surface area contributed by atoms with Gasteiger partial charge in [-0.25, -0.2) is 0 Å². The molecule has 3 heterocycles. The highest BCUT2D eigenvalue weighted by Gasteiger charge is 2.37. The number of hydrogen-bond acceptors (Lipinski definition) is 8. The smallest absolute Gasteiger partial charge is 0.375 e. The Hall–Kier alpha value is -6.41. The molecule has 10 heteroatoms. The average Bonchev–Trinajstić information content (AvgIpc) is 3.97. The molecule has 2 aromatic heterocycles. The number of hydrogen-bond donors (Lipinski definition) is 0. The van der Waals surface area contributed by atoms with Gasteiger partial charge in [0.25, 0.3) is 5.52 Å². The first-order valence-electron chi connectivity index (χ1n) is 18.1. The summed E-state index contributed by atoms with van der Waals surface area (Å²) >= 11 is 1.44. The van der Waals surface area contributed by atoms with Crippen LogP contribution in [0.15, 0.2) is 165 Å². The number of terminal acetylenes is 1. The van der Waals surface area contributed by atoms with Gasteiger partial charge in [-0.1, -0.05) is 72.7 Å². The van der Waals surface area contributed by atoms with Crippen LogP contribution in [0.3, 0.4) is 0 Å². The van der Waals surface area contributed by atoms with Crippen LogP contribution in [0.5, 0.6) is 17.2 Å². The van der Waals surface area contributed by atoms with Gasteiger partial charge in [0.05, 0.1) is 49.3 Å². The molecule has 1 aliphatic carbocycles. The Balaban J connectivity index is 0.00000455. The first kappa shape index (κ1) is 37.5.